The molecule has 1 aromatic heterocycles. The fourth-order valence-corrected chi connectivity index (χ4v) is 2.59. The van der Waals surface area contributed by atoms with Crippen LogP contribution >= 0.6 is 0 Å². The van der Waals surface area contributed by atoms with Crippen LogP contribution in [-0.2, 0) is 9.59 Å². The number of hydrogen-bond acceptors (Lipinski definition) is 5. The van der Waals surface area contributed by atoms with Crippen molar-refractivity contribution in [3.05, 3.63) is 30.1 Å². The minimum absolute atomic E-state index is 0.0458. The standard InChI is InChI=1S/C15H18N6O2/c1-11-17-18-19-21(11)13-6-4-5-12(9-13)16-14(22)10-20-8-3-2-7-15(20)23/h4-6,9H,2-3,7-8,10H2,1H3,(H,16,22). The number of piperidine rings is 1. The summed E-state index contributed by atoms with van der Waals surface area (Å²) in [5.74, 6) is 0.502. The zero-order chi connectivity index (χ0) is 16.2. The van der Waals surface area contributed by atoms with Crippen LogP contribution in [0, 0.1) is 6.92 Å². The molecule has 1 saturated heterocycles. The lowest BCUT2D eigenvalue weighted by Crippen LogP contribution is -2.40. The van der Waals surface area contributed by atoms with Gasteiger partial charge in [-0.2, -0.15) is 4.68 Å². The molecule has 8 nitrogen and oxygen atoms in total. The number of hydrogen-bond donors (Lipinski definition) is 1. The van der Waals surface area contributed by atoms with Crippen molar-refractivity contribution >= 4 is 17.5 Å². The molecule has 1 aliphatic rings. The quantitative estimate of drug-likeness (QED) is 0.906. The van der Waals surface area contributed by atoms with Gasteiger partial charge in [0.05, 0.1) is 12.2 Å². The van der Waals surface area contributed by atoms with E-state index in [0.29, 0.717) is 24.5 Å². The second kappa shape index (κ2) is 6.55. The second-order valence-corrected chi connectivity index (χ2v) is 5.51. The lowest BCUT2D eigenvalue weighted by atomic mass is 10.1. The first-order chi connectivity index (χ1) is 11.1. The molecule has 1 aliphatic heterocycles. The lowest BCUT2D eigenvalue weighted by Gasteiger charge is -2.26. The maximum Gasteiger partial charge on any atom is 0.243 e. The zero-order valence-corrected chi connectivity index (χ0v) is 12.9. The molecule has 1 fully saturated rings. The average Bonchev–Trinajstić information content (AvgIpc) is 2.96. The summed E-state index contributed by atoms with van der Waals surface area (Å²) < 4.78 is 1.59. The van der Waals surface area contributed by atoms with Crippen LogP contribution in [0.4, 0.5) is 5.69 Å². The summed E-state index contributed by atoms with van der Waals surface area (Å²) in [6.45, 7) is 2.54. The van der Waals surface area contributed by atoms with E-state index in [1.807, 2.05) is 12.1 Å². The van der Waals surface area contributed by atoms with E-state index in [2.05, 4.69) is 20.8 Å². The maximum absolute atomic E-state index is 12.1. The highest BCUT2D eigenvalue weighted by atomic mass is 16.2. The van der Waals surface area contributed by atoms with Crippen LogP contribution < -0.4 is 5.32 Å². The molecule has 0 spiro atoms. The van der Waals surface area contributed by atoms with E-state index in [9.17, 15) is 9.59 Å². The number of aromatic nitrogens is 4. The van der Waals surface area contributed by atoms with E-state index in [0.717, 1.165) is 18.5 Å². The van der Waals surface area contributed by atoms with Crippen molar-refractivity contribution in [2.75, 3.05) is 18.4 Å². The Kier molecular flexibility index (Phi) is 4.31. The highest BCUT2D eigenvalue weighted by Gasteiger charge is 2.20. The fourth-order valence-electron chi connectivity index (χ4n) is 2.59. The number of likely N-dealkylation sites (tertiary alicyclic amines) is 1. The first-order valence-corrected chi connectivity index (χ1v) is 7.56. The van der Waals surface area contributed by atoms with Crippen LogP contribution in [0.25, 0.3) is 5.69 Å². The summed E-state index contributed by atoms with van der Waals surface area (Å²) in [6, 6.07) is 7.25. The molecule has 1 aromatic carbocycles. The number of aryl methyl sites for hydroxylation is 1. The number of amides is 2. The molecule has 3 rings (SSSR count). The molecule has 0 radical (unpaired) electrons. The number of nitrogens with one attached hydrogen (secondary N) is 1. The molecule has 2 amide bonds. The average molecular weight is 314 g/mol. The minimum Gasteiger partial charge on any atom is -0.333 e. The molecule has 23 heavy (non-hydrogen) atoms. The van der Waals surface area contributed by atoms with Crippen molar-refractivity contribution in [2.24, 2.45) is 0 Å². The summed E-state index contributed by atoms with van der Waals surface area (Å²) in [5.41, 5.74) is 1.41. The van der Waals surface area contributed by atoms with Gasteiger partial charge in [0.25, 0.3) is 0 Å². The Balaban J connectivity index is 1.67. The predicted octanol–water partition coefficient (Wildman–Crippen LogP) is 0.922. The van der Waals surface area contributed by atoms with Crippen LogP contribution in [0.2, 0.25) is 0 Å². The summed E-state index contributed by atoms with van der Waals surface area (Å²) in [7, 11) is 0. The molecule has 0 atom stereocenters. The van der Waals surface area contributed by atoms with Gasteiger partial charge in [0.1, 0.15) is 0 Å². The monoisotopic (exact) mass is 314 g/mol. The molecule has 120 valence electrons. The summed E-state index contributed by atoms with van der Waals surface area (Å²) >= 11 is 0. The Morgan fingerprint density at radius 1 is 1.35 bits per heavy atom. The highest BCUT2D eigenvalue weighted by Crippen LogP contribution is 2.15. The van der Waals surface area contributed by atoms with Crippen molar-refractivity contribution in [1.29, 1.82) is 0 Å². The fraction of sp³-hybridized carbons (Fsp3) is 0.400. The molecule has 0 saturated carbocycles. The van der Waals surface area contributed by atoms with Crippen LogP contribution in [0.3, 0.4) is 0 Å². The Hall–Kier alpha value is -2.77. The van der Waals surface area contributed by atoms with E-state index in [-0.39, 0.29) is 18.4 Å². The van der Waals surface area contributed by atoms with Gasteiger partial charge in [-0.3, -0.25) is 9.59 Å². The number of anilines is 1. The van der Waals surface area contributed by atoms with Crippen LogP contribution in [0.15, 0.2) is 24.3 Å². The minimum atomic E-state index is -0.203. The first-order valence-electron chi connectivity index (χ1n) is 7.56. The smallest absolute Gasteiger partial charge is 0.243 e. The van der Waals surface area contributed by atoms with E-state index < -0.39 is 0 Å². The van der Waals surface area contributed by atoms with Gasteiger partial charge in [-0.15, -0.1) is 5.10 Å². The molecular weight excluding hydrogens is 296 g/mol. The second-order valence-electron chi connectivity index (χ2n) is 5.51. The van der Waals surface area contributed by atoms with E-state index in [1.165, 1.54) is 0 Å². The normalized spacial score (nSPS) is 14.8. The molecule has 8 heteroatoms. The van der Waals surface area contributed by atoms with Gasteiger partial charge in [-0.1, -0.05) is 6.07 Å². The van der Waals surface area contributed by atoms with E-state index in [1.54, 1.807) is 28.6 Å². The van der Waals surface area contributed by atoms with Crippen LogP contribution in [0.5, 0.6) is 0 Å². The van der Waals surface area contributed by atoms with Crippen molar-refractivity contribution in [3.63, 3.8) is 0 Å². The van der Waals surface area contributed by atoms with Crippen LogP contribution in [0.1, 0.15) is 25.1 Å². The van der Waals surface area contributed by atoms with Gasteiger partial charge in [-0.05, 0) is 48.4 Å². The zero-order valence-electron chi connectivity index (χ0n) is 12.9. The maximum atomic E-state index is 12.1. The van der Waals surface area contributed by atoms with Crippen molar-refractivity contribution in [2.45, 2.75) is 26.2 Å². The Morgan fingerprint density at radius 3 is 2.96 bits per heavy atom. The number of carbonyl (C=O) groups is 2. The SMILES string of the molecule is Cc1nnnn1-c1cccc(NC(=O)CN2CCCCC2=O)c1. The molecular formula is C15H18N6O2. The van der Waals surface area contributed by atoms with Gasteiger partial charge in [0.2, 0.25) is 11.8 Å². The Bertz CT molecular complexity index is 726. The molecule has 0 unspecified atom stereocenters. The molecule has 0 aliphatic carbocycles. The topological polar surface area (TPSA) is 93.0 Å². The van der Waals surface area contributed by atoms with Gasteiger partial charge >= 0.3 is 0 Å². The van der Waals surface area contributed by atoms with Gasteiger partial charge in [0.15, 0.2) is 5.82 Å². The Morgan fingerprint density at radius 2 is 2.22 bits per heavy atom. The number of tetrazole rings is 1. The van der Waals surface area contributed by atoms with Crippen molar-refractivity contribution in [1.82, 2.24) is 25.1 Å². The number of rotatable bonds is 4. The lowest BCUT2D eigenvalue weighted by molar-refractivity contribution is -0.136. The van der Waals surface area contributed by atoms with E-state index >= 15 is 0 Å². The molecule has 2 aromatic rings. The third-order valence-electron chi connectivity index (χ3n) is 3.76. The van der Waals surface area contributed by atoms with E-state index in [4.69, 9.17) is 0 Å². The number of carbonyl (C=O) groups excluding carboxylic acids is 2. The van der Waals surface area contributed by atoms with Crippen LogP contribution in [-0.4, -0.2) is 50.0 Å². The van der Waals surface area contributed by atoms with Gasteiger partial charge < -0.3 is 10.2 Å². The number of nitrogens with zero attached hydrogens (tertiary/aromatic N) is 5. The van der Waals surface area contributed by atoms with Gasteiger partial charge in [0, 0.05) is 18.7 Å². The molecule has 1 N–H and O–H groups in total. The van der Waals surface area contributed by atoms with Crippen molar-refractivity contribution < 1.29 is 9.59 Å². The number of benzene rings is 1. The first kappa shape index (κ1) is 15.1. The third kappa shape index (κ3) is 3.53. The third-order valence-corrected chi connectivity index (χ3v) is 3.76. The molecule has 0 bridgehead atoms. The van der Waals surface area contributed by atoms with Crippen molar-refractivity contribution in [3.8, 4) is 5.69 Å². The molecule has 2 heterocycles. The summed E-state index contributed by atoms with van der Waals surface area (Å²) in [6.07, 6.45) is 2.39. The Labute approximate surface area is 133 Å². The van der Waals surface area contributed by atoms with Gasteiger partial charge in [-0.25, -0.2) is 0 Å². The summed E-state index contributed by atoms with van der Waals surface area (Å²) in [4.78, 5) is 25.5. The summed E-state index contributed by atoms with van der Waals surface area (Å²) in [5, 5.41) is 14.2. The largest absolute Gasteiger partial charge is 0.333 e. The predicted molar refractivity (Wildman–Crippen MR) is 83.0 cm³/mol. The highest BCUT2D eigenvalue weighted by molar-refractivity contribution is 5.94.